The van der Waals surface area contributed by atoms with Crippen LogP contribution in [-0.2, 0) is 9.59 Å². The fraction of sp³-hybridized carbons (Fsp3) is 0.385. The van der Waals surface area contributed by atoms with Crippen molar-refractivity contribution >= 4 is 17.5 Å². The number of carbonyl (C=O) groups is 2. The number of amides is 2. The molecule has 0 spiro atoms. The highest BCUT2D eigenvalue weighted by Gasteiger charge is 2.42. The van der Waals surface area contributed by atoms with Gasteiger partial charge in [0, 0.05) is 18.5 Å². The predicted molar refractivity (Wildman–Crippen MR) is 63.5 cm³/mol. The minimum absolute atomic E-state index is 0.0855. The Morgan fingerprint density at radius 1 is 1.18 bits per heavy atom. The lowest BCUT2D eigenvalue weighted by Gasteiger charge is -2.37. The summed E-state index contributed by atoms with van der Waals surface area (Å²) in [7, 11) is 0. The SMILES string of the molecule is O=C1CC(C2CCC(=O)N2c2ccccc2)N1. The van der Waals surface area contributed by atoms with E-state index < -0.39 is 0 Å². The van der Waals surface area contributed by atoms with Crippen LogP contribution in [-0.4, -0.2) is 23.9 Å². The molecule has 4 nitrogen and oxygen atoms in total. The summed E-state index contributed by atoms with van der Waals surface area (Å²) in [5.74, 6) is 0.240. The van der Waals surface area contributed by atoms with Gasteiger partial charge < -0.3 is 10.2 Å². The Kier molecular flexibility index (Phi) is 2.35. The third-order valence-corrected chi connectivity index (χ3v) is 3.50. The second-order valence-corrected chi connectivity index (χ2v) is 4.58. The first-order chi connectivity index (χ1) is 8.25. The summed E-state index contributed by atoms with van der Waals surface area (Å²) >= 11 is 0. The molecule has 1 N–H and O–H groups in total. The van der Waals surface area contributed by atoms with E-state index in [1.165, 1.54) is 0 Å². The van der Waals surface area contributed by atoms with Crippen LogP contribution in [0, 0.1) is 0 Å². The predicted octanol–water partition coefficient (Wildman–Crippen LogP) is 1.07. The van der Waals surface area contributed by atoms with Gasteiger partial charge in [0.15, 0.2) is 0 Å². The van der Waals surface area contributed by atoms with Crippen molar-refractivity contribution in [3.8, 4) is 0 Å². The molecular formula is C13H14N2O2. The molecule has 4 heteroatoms. The van der Waals surface area contributed by atoms with Crippen molar-refractivity contribution in [3.05, 3.63) is 30.3 Å². The van der Waals surface area contributed by atoms with Crippen LogP contribution >= 0.6 is 0 Å². The van der Waals surface area contributed by atoms with Crippen LogP contribution in [0.1, 0.15) is 19.3 Å². The third-order valence-electron chi connectivity index (χ3n) is 3.50. The average molecular weight is 230 g/mol. The van der Waals surface area contributed by atoms with Crippen LogP contribution in [0.2, 0.25) is 0 Å². The van der Waals surface area contributed by atoms with Crippen LogP contribution in [0.4, 0.5) is 5.69 Å². The van der Waals surface area contributed by atoms with E-state index in [1.54, 1.807) is 0 Å². The summed E-state index contributed by atoms with van der Waals surface area (Å²) in [6, 6.07) is 9.93. The highest BCUT2D eigenvalue weighted by atomic mass is 16.2. The first-order valence-corrected chi connectivity index (χ1v) is 5.92. The molecule has 0 aliphatic carbocycles. The molecule has 1 aromatic carbocycles. The van der Waals surface area contributed by atoms with Crippen molar-refractivity contribution in [3.63, 3.8) is 0 Å². The minimum atomic E-state index is 0.0855. The quantitative estimate of drug-likeness (QED) is 0.773. The second kappa shape index (κ2) is 3.87. The molecule has 2 aliphatic heterocycles. The van der Waals surface area contributed by atoms with E-state index in [4.69, 9.17) is 0 Å². The lowest BCUT2D eigenvalue weighted by molar-refractivity contribution is -0.129. The maximum Gasteiger partial charge on any atom is 0.227 e. The molecule has 2 amide bonds. The molecule has 0 aromatic heterocycles. The molecule has 2 aliphatic rings. The molecule has 3 rings (SSSR count). The van der Waals surface area contributed by atoms with Gasteiger partial charge in [-0.05, 0) is 18.6 Å². The van der Waals surface area contributed by atoms with Gasteiger partial charge in [-0.25, -0.2) is 0 Å². The van der Waals surface area contributed by atoms with E-state index in [0.717, 1.165) is 12.1 Å². The monoisotopic (exact) mass is 230 g/mol. The summed E-state index contributed by atoms with van der Waals surface area (Å²) < 4.78 is 0. The van der Waals surface area contributed by atoms with Gasteiger partial charge in [-0.15, -0.1) is 0 Å². The van der Waals surface area contributed by atoms with Gasteiger partial charge in [-0.3, -0.25) is 9.59 Å². The normalized spacial score (nSPS) is 27.9. The molecule has 0 bridgehead atoms. The number of para-hydroxylation sites is 1. The van der Waals surface area contributed by atoms with Crippen LogP contribution in [0.25, 0.3) is 0 Å². The van der Waals surface area contributed by atoms with Crippen LogP contribution in [0.15, 0.2) is 30.3 Å². The smallest absolute Gasteiger partial charge is 0.227 e. The first kappa shape index (κ1) is 10.3. The van der Waals surface area contributed by atoms with Gasteiger partial charge in [-0.2, -0.15) is 0 Å². The standard InChI is InChI=1S/C13H14N2O2/c16-12-8-10(14-12)11-6-7-13(17)15(11)9-4-2-1-3-5-9/h1-5,10-11H,6-8H2,(H,14,16). The topological polar surface area (TPSA) is 49.4 Å². The van der Waals surface area contributed by atoms with Gasteiger partial charge >= 0.3 is 0 Å². The number of nitrogens with one attached hydrogen (secondary N) is 1. The fourth-order valence-electron chi connectivity index (χ4n) is 2.63. The molecule has 0 saturated carbocycles. The van der Waals surface area contributed by atoms with Crippen molar-refractivity contribution in [2.45, 2.75) is 31.3 Å². The van der Waals surface area contributed by atoms with Crippen molar-refractivity contribution < 1.29 is 9.59 Å². The maximum absolute atomic E-state index is 11.9. The second-order valence-electron chi connectivity index (χ2n) is 4.58. The fourth-order valence-corrected chi connectivity index (χ4v) is 2.63. The zero-order chi connectivity index (χ0) is 11.8. The Labute approximate surface area is 99.6 Å². The summed E-state index contributed by atoms with van der Waals surface area (Å²) in [4.78, 5) is 24.7. The van der Waals surface area contributed by atoms with Gasteiger partial charge in [-0.1, -0.05) is 18.2 Å². The zero-order valence-electron chi connectivity index (χ0n) is 9.43. The highest BCUT2D eigenvalue weighted by molar-refractivity contribution is 5.97. The minimum Gasteiger partial charge on any atom is -0.351 e. The van der Waals surface area contributed by atoms with E-state index in [0.29, 0.717) is 12.8 Å². The molecule has 17 heavy (non-hydrogen) atoms. The lowest BCUT2D eigenvalue weighted by Crippen LogP contribution is -2.59. The Hall–Kier alpha value is -1.84. The number of benzene rings is 1. The summed E-state index contributed by atoms with van der Waals surface area (Å²) in [6.45, 7) is 0. The number of hydrogen-bond donors (Lipinski definition) is 1. The highest BCUT2D eigenvalue weighted by Crippen LogP contribution is 2.30. The van der Waals surface area contributed by atoms with Crippen molar-refractivity contribution in [1.29, 1.82) is 0 Å². The summed E-state index contributed by atoms with van der Waals surface area (Å²) in [5, 5.41) is 2.87. The molecule has 2 atom stereocenters. The Bertz CT molecular complexity index is 450. The maximum atomic E-state index is 11.9. The number of anilines is 1. The largest absolute Gasteiger partial charge is 0.351 e. The summed E-state index contributed by atoms with van der Waals surface area (Å²) in [5.41, 5.74) is 0.932. The molecule has 0 radical (unpaired) electrons. The zero-order valence-corrected chi connectivity index (χ0v) is 9.43. The Balaban J connectivity index is 1.85. The number of carbonyl (C=O) groups excluding carboxylic acids is 2. The number of rotatable bonds is 2. The van der Waals surface area contributed by atoms with Gasteiger partial charge in [0.25, 0.3) is 0 Å². The van der Waals surface area contributed by atoms with Crippen LogP contribution in [0.3, 0.4) is 0 Å². The number of β-lactam (4-membered cyclic amide) rings is 1. The Morgan fingerprint density at radius 3 is 2.53 bits per heavy atom. The first-order valence-electron chi connectivity index (χ1n) is 5.92. The van der Waals surface area contributed by atoms with Crippen molar-refractivity contribution in [1.82, 2.24) is 5.32 Å². The number of nitrogens with zero attached hydrogens (tertiary/aromatic N) is 1. The molecule has 88 valence electrons. The Morgan fingerprint density at radius 2 is 1.88 bits per heavy atom. The van der Waals surface area contributed by atoms with Gasteiger partial charge in [0.05, 0.1) is 12.1 Å². The summed E-state index contributed by atoms with van der Waals surface area (Å²) in [6.07, 6.45) is 1.95. The lowest BCUT2D eigenvalue weighted by atomic mass is 9.95. The molecule has 2 fully saturated rings. The van der Waals surface area contributed by atoms with E-state index in [1.807, 2.05) is 35.2 Å². The molecular weight excluding hydrogens is 216 g/mol. The van der Waals surface area contributed by atoms with E-state index in [-0.39, 0.29) is 23.9 Å². The van der Waals surface area contributed by atoms with Crippen molar-refractivity contribution in [2.24, 2.45) is 0 Å². The van der Waals surface area contributed by atoms with Crippen LogP contribution < -0.4 is 10.2 Å². The van der Waals surface area contributed by atoms with Gasteiger partial charge in [0.1, 0.15) is 0 Å². The average Bonchev–Trinajstić information content (AvgIpc) is 2.68. The molecule has 2 heterocycles. The van der Waals surface area contributed by atoms with Crippen molar-refractivity contribution in [2.75, 3.05) is 4.90 Å². The third kappa shape index (κ3) is 1.69. The van der Waals surface area contributed by atoms with Crippen LogP contribution in [0.5, 0.6) is 0 Å². The van der Waals surface area contributed by atoms with E-state index in [2.05, 4.69) is 5.32 Å². The van der Waals surface area contributed by atoms with Gasteiger partial charge in [0.2, 0.25) is 11.8 Å². The van der Waals surface area contributed by atoms with E-state index >= 15 is 0 Å². The molecule has 2 unspecified atom stereocenters. The number of hydrogen-bond acceptors (Lipinski definition) is 2. The molecule has 1 aromatic rings. The molecule has 2 saturated heterocycles. The van der Waals surface area contributed by atoms with E-state index in [9.17, 15) is 9.59 Å².